The summed E-state index contributed by atoms with van der Waals surface area (Å²) in [5.41, 5.74) is 1.25. The first-order valence-corrected chi connectivity index (χ1v) is 10.4. The Bertz CT molecular complexity index is 698. The van der Waals surface area contributed by atoms with Gasteiger partial charge in [-0.2, -0.15) is 10.9 Å². The minimum absolute atomic E-state index is 0.304. The Kier molecular flexibility index (Phi) is 5.45. The quantitative estimate of drug-likeness (QED) is 0.640. The summed E-state index contributed by atoms with van der Waals surface area (Å²) in [6.45, 7) is 5.44. The molecule has 0 bridgehead atoms. The first-order valence-electron chi connectivity index (χ1n) is 7.74. The van der Waals surface area contributed by atoms with Crippen LogP contribution in [0.2, 0.25) is 5.02 Å². The van der Waals surface area contributed by atoms with Crippen molar-refractivity contribution in [2.45, 2.75) is 24.7 Å². The molecule has 0 aliphatic carbocycles. The lowest BCUT2D eigenvalue weighted by atomic mass is 9.89. The summed E-state index contributed by atoms with van der Waals surface area (Å²) in [6.07, 6.45) is 3.83. The summed E-state index contributed by atoms with van der Waals surface area (Å²) in [4.78, 5) is 10.5. The van der Waals surface area contributed by atoms with Gasteiger partial charge in [0.15, 0.2) is 0 Å². The molecule has 2 aromatic rings. The minimum Gasteiger partial charge on any atom is -0.283 e. The summed E-state index contributed by atoms with van der Waals surface area (Å²) in [7, 11) is -0.389. The second-order valence-corrected chi connectivity index (χ2v) is 9.66. The largest absolute Gasteiger partial charge is 0.283 e. The summed E-state index contributed by atoms with van der Waals surface area (Å²) in [5, 5.41) is 2.10. The van der Waals surface area contributed by atoms with Gasteiger partial charge in [-0.25, -0.2) is 0 Å². The summed E-state index contributed by atoms with van der Waals surface area (Å²) < 4.78 is 1.02. The molecular formula is C18H20BrClN2S. The van der Waals surface area contributed by atoms with E-state index >= 15 is 0 Å². The molecule has 0 fully saturated rings. The van der Waals surface area contributed by atoms with Crippen molar-refractivity contribution < 1.29 is 0 Å². The smallest absolute Gasteiger partial charge is 0.0599 e. The summed E-state index contributed by atoms with van der Waals surface area (Å²) in [6, 6.07) is 10.4. The molecule has 0 spiro atoms. The monoisotopic (exact) mass is 410 g/mol. The van der Waals surface area contributed by atoms with E-state index in [1.807, 2.05) is 24.5 Å². The number of nitrogens with zero attached hydrogens (tertiary/aromatic N) is 2. The van der Waals surface area contributed by atoms with Crippen molar-refractivity contribution in [2.75, 3.05) is 12.3 Å². The number of aromatic nitrogens is 1. The number of benzene rings is 1. The SMILES string of the molecule is CC(C)C(C1=NCC[SH]1c1cccnc1)c1cc(Cl)cc(Br)c1. The second-order valence-electron chi connectivity index (χ2n) is 6.03. The number of aliphatic imine (C=N–C) groups is 1. The minimum atomic E-state index is -0.389. The molecule has 2 atom stereocenters. The molecule has 0 saturated carbocycles. The highest BCUT2D eigenvalue weighted by atomic mass is 79.9. The molecule has 1 aliphatic heterocycles. The van der Waals surface area contributed by atoms with E-state index in [9.17, 15) is 0 Å². The molecule has 0 amide bonds. The Hall–Kier alpha value is -0.840. The number of hydrogen-bond donors (Lipinski definition) is 1. The standard InChI is InChI=1S/C18H20BrClN2S/c1-12(2)17(13-8-14(19)10-15(20)9-13)18-22-6-7-23(18)16-4-3-5-21-11-16/h3-5,8-12,17,23H,6-7H2,1-2H3. The van der Waals surface area contributed by atoms with Gasteiger partial charge in [-0.05, 0) is 41.8 Å². The number of rotatable bonds is 4. The summed E-state index contributed by atoms with van der Waals surface area (Å²) in [5.74, 6) is 1.90. The molecule has 0 N–H and O–H groups in total. The highest BCUT2D eigenvalue weighted by Crippen LogP contribution is 2.47. The lowest BCUT2D eigenvalue weighted by Crippen LogP contribution is -2.17. The normalized spacial score (nSPS) is 20.6. The molecule has 3 rings (SSSR count). The fourth-order valence-corrected chi connectivity index (χ4v) is 6.56. The first kappa shape index (κ1) is 17.0. The maximum atomic E-state index is 6.28. The van der Waals surface area contributed by atoms with Crippen LogP contribution in [0.15, 0.2) is 57.1 Å². The highest BCUT2D eigenvalue weighted by molar-refractivity contribution is 9.10. The Balaban J connectivity index is 2.01. The van der Waals surface area contributed by atoms with Crippen LogP contribution in [-0.2, 0) is 0 Å². The number of hydrogen-bond acceptors (Lipinski definition) is 2. The number of halogens is 2. The van der Waals surface area contributed by atoms with E-state index in [2.05, 4.69) is 53.0 Å². The van der Waals surface area contributed by atoms with Gasteiger partial charge in [0.05, 0.1) is 5.04 Å². The van der Waals surface area contributed by atoms with Crippen LogP contribution in [0, 0.1) is 5.92 Å². The number of thiol groups is 1. The van der Waals surface area contributed by atoms with Gasteiger partial charge in [0, 0.05) is 45.0 Å². The van der Waals surface area contributed by atoms with Crippen molar-refractivity contribution in [3.8, 4) is 0 Å². The van der Waals surface area contributed by atoms with Crippen LogP contribution in [0.3, 0.4) is 0 Å². The Morgan fingerprint density at radius 2 is 2.09 bits per heavy atom. The third kappa shape index (κ3) is 3.81. The van der Waals surface area contributed by atoms with Crippen LogP contribution in [0.5, 0.6) is 0 Å². The molecule has 2 heterocycles. The average molecular weight is 412 g/mol. The molecule has 0 radical (unpaired) electrons. The zero-order valence-electron chi connectivity index (χ0n) is 13.2. The van der Waals surface area contributed by atoms with E-state index in [4.69, 9.17) is 16.6 Å². The molecular weight excluding hydrogens is 392 g/mol. The van der Waals surface area contributed by atoms with Crippen molar-refractivity contribution in [3.05, 3.63) is 57.8 Å². The van der Waals surface area contributed by atoms with Crippen molar-refractivity contribution >= 4 is 43.5 Å². The van der Waals surface area contributed by atoms with Gasteiger partial charge >= 0.3 is 0 Å². The van der Waals surface area contributed by atoms with Crippen LogP contribution in [-0.4, -0.2) is 22.3 Å². The van der Waals surface area contributed by atoms with Gasteiger partial charge in [0.25, 0.3) is 0 Å². The molecule has 1 aromatic carbocycles. The molecule has 0 saturated heterocycles. The van der Waals surface area contributed by atoms with E-state index in [0.29, 0.717) is 11.8 Å². The zero-order valence-corrected chi connectivity index (χ0v) is 16.4. The Labute approximate surface area is 153 Å². The molecule has 5 heteroatoms. The van der Waals surface area contributed by atoms with E-state index in [1.165, 1.54) is 15.5 Å². The van der Waals surface area contributed by atoms with Gasteiger partial charge in [-0.1, -0.05) is 41.4 Å². The third-order valence-electron chi connectivity index (χ3n) is 4.02. The zero-order chi connectivity index (χ0) is 16.4. The fourth-order valence-electron chi connectivity index (χ4n) is 3.09. The fraction of sp³-hybridized carbons (Fsp3) is 0.333. The topological polar surface area (TPSA) is 25.2 Å². The van der Waals surface area contributed by atoms with Crippen molar-refractivity contribution in [1.29, 1.82) is 0 Å². The summed E-state index contributed by atoms with van der Waals surface area (Å²) >= 11 is 9.85. The molecule has 122 valence electrons. The molecule has 1 aromatic heterocycles. The molecule has 23 heavy (non-hydrogen) atoms. The predicted molar refractivity (Wildman–Crippen MR) is 105 cm³/mol. The lowest BCUT2D eigenvalue weighted by Gasteiger charge is -2.28. The Morgan fingerprint density at radius 3 is 2.74 bits per heavy atom. The molecule has 2 unspecified atom stereocenters. The molecule has 2 nitrogen and oxygen atoms in total. The first-order chi connectivity index (χ1) is 11.1. The van der Waals surface area contributed by atoms with Crippen LogP contribution in [0.1, 0.15) is 25.3 Å². The van der Waals surface area contributed by atoms with Gasteiger partial charge in [0.2, 0.25) is 0 Å². The maximum Gasteiger partial charge on any atom is 0.0599 e. The van der Waals surface area contributed by atoms with Crippen molar-refractivity contribution in [1.82, 2.24) is 4.98 Å². The predicted octanol–water partition coefficient (Wildman–Crippen LogP) is 5.71. The van der Waals surface area contributed by atoms with Crippen molar-refractivity contribution in [2.24, 2.45) is 10.9 Å². The van der Waals surface area contributed by atoms with E-state index in [0.717, 1.165) is 21.8 Å². The lowest BCUT2D eigenvalue weighted by molar-refractivity contribution is 0.607. The Morgan fingerprint density at radius 1 is 1.26 bits per heavy atom. The second kappa shape index (κ2) is 7.37. The highest BCUT2D eigenvalue weighted by Gasteiger charge is 2.30. The van der Waals surface area contributed by atoms with Gasteiger partial charge in [0.1, 0.15) is 0 Å². The molecule has 1 aliphatic rings. The van der Waals surface area contributed by atoms with Crippen LogP contribution in [0.4, 0.5) is 0 Å². The van der Waals surface area contributed by atoms with Gasteiger partial charge in [-0.15, -0.1) is 0 Å². The van der Waals surface area contributed by atoms with Gasteiger partial charge in [-0.3, -0.25) is 9.98 Å². The van der Waals surface area contributed by atoms with E-state index in [1.54, 1.807) is 0 Å². The van der Waals surface area contributed by atoms with E-state index in [-0.39, 0.29) is 10.9 Å². The van der Waals surface area contributed by atoms with E-state index < -0.39 is 0 Å². The van der Waals surface area contributed by atoms with Gasteiger partial charge < -0.3 is 0 Å². The maximum absolute atomic E-state index is 6.28. The van der Waals surface area contributed by atoms with Crippen LogP contribution < -0.4 is 0 Å². The van der Waals surface area contributed by atoms with Crippen molar-refractivity contribution in [3.63, 3.8) is 0 Å². The third-order valence-corrected chi connectivity index (χ3v) is 7.20. The number of pyridine rings is 1. The van der Waals surface area contributed by atoms with Crippen LogP contribution in [0.25, 0.3) is 0 Å². The van der Waals surface area contributed by atoms with Crippen LogP contribution >= 0.6 is 38.4 Å². The average Bonchev–Trinajstić information content (AvgIpc) is 2.96.